The largest absolute Gasteiger partial charge is 0.453 e. The van der Waals surface area contributed by atoms with E-state index in [9.17, 15) is 9.59 Å². The highest BCUT2D eigenvalue weighted by Crippen LogP contribution is 2.31. The van der Waals surface area contributed by atoms with Gasteiger partial charge in [-0.3, -0.25) is 0 Å². The average molecular weight is 390 g/mol. The summed E-state index contributed by atoms with van der Waals surface area (Å²) in [4.78, 5) is 23.6. The van der Waals surface area contributed by atoms with Crippen molar-refractivity contribution < 1.29 is 18.7 Å². The van der Waals surface area contributed by atoms with E-state index in [4.69, 9.17) is 26.5 Å². The Morgan fingerprint density at radius 2 is 1.89 bits per heavy atom. The predicted octanol–water partition coefficient (Wildman–Crippen LogP) is 3.79. The summed E-state index contributed by atoms with van der Waals surface area (Å²) >= 11 is 6.15. The number of carbonyl (C=O) groups is 2. The molecule has 0 fully saturated rings. The van der Waals surface area contributed by atoms with Crippen molar-refractivity contribution in [1.29, 1.82) is 0 Å². The minimum Gasteiger partial charge on any atom is -0.453 e. The fraction of sp³-hybridized carbons (Fsp3) is 0.316. The molecule has 1 heterocycles. The number of nitrogens with zero attached hydrogens (tertiary/aromatic N) is 1. The van der Waals surface area contributed by atoms with Gasteiger partial charge in [-0.1, -0.05) is 11.6 Å². The summed E-state index contributed by atoms with van der Waals surface area (Å²) < 4.78 is 11.3. The monoisotopic (exact) mass is 389 g/mol. The van der Waals surface area contributed by atoms with Gasteiger partial charge in [-0.15, -0.1) is 0 Å². The number of urea groups is 1. The van der Waals surface area contributed by atoms with Gasteiger partial charge in [-0.05, 0) is 56.9 Å². The van der Waals surface area contributed by atoms with Crippen LogP contribution in [0, 0.1) is 20.8 Å². The van der Waals surface area contributed by atoms with Gasteiger partial charge in [0.2, 0.25) is 5.76 Å². The fourth-order valence-corrected chi connectivity index (χ4v) is 3.32. The fourth-order valence-electron chi connectivity index (χ4n) is 3.22. The average Bonchev–Trinajstić information content (AvgIpc) is 2.95. The van der Waals surface area contributed by atoms with E-state index in [1.54, 1.807) is 19.1 Å². The maximum atomic E-state index is 12.7. The molecule has 0 aliphatic heterocycles. The van der Waals surface area contributed by atoms with Crippen LogP contribution < -0.4 is 15.9 Å². The third kappa shape index (κ3) is 3.83. The Bertz CT molecular complexity index is 939. The van der Waals surface area contributed by atoms with Crippen molar-refractivity contribution in [1.82, 2.24) is 5.43 Å². The Morgan fingerprint density at radius 3 is 2.52 bits per heavy atom. The number of primary amides is 1. The van der Waals surface area contributed by atoms with E-state index >= 15 is 0 Å². The quantitative estimate of drug-likeness (QED) is 0.473. The summed E-state index contributed by atoms with van der Waals surface area (Å²) in [6, 6.07) is 2.66. The number of nitrogens with one attached hydrogen (secondary N) is 1. The molecule has 0 saturated carbocycles. The molecule has 27 heavy (non-hydrogen) atoms. The first kappa shape index (κ1) is 19.0. The van der Waals surface area contributed by atoms with Crippen LogP contribution in [-0.4, -0.2) is 17.7 Å². The van der Waals surface area contributed by atoms with Crippen molar-refractivity contribution in [2.24, 2.45) is 10.8 Å². The van der Waals surface area contributed by atoms with Crippen LogP contribution in [0.1, 0.15) is 51.4 Å². The highest BCUT2D eigenvalue weighted by Gasteiger charge is 2.29. The van der Waals surface area contributed by atoms with Gasteiger partial charge < -0.3 is 14.9 Å². The Labute approximate surface area is 161 Å². The lowest BCUT2D eigenvalue weighted by Gasteiger charge is -2.13. The number of hydrazone groups is 1. The number of ether oxygens (including phenoxy) is 1. The molecule has 1 aromatic heterocycles. The number of fused-ring (bicyclic) bond motifs is 1. The van der Waals surface area contributed by atoms with Gasteiger partial charge in [0.25, 0.3) is 0 Å². The molecule has 1 aromatic carbocycles. The number of nitrogens with two attached hydrogens (primary N) is 1. The molecule has 7 nitrogen and oxygen atoms in total. The molecule has 2 aromatic rings. The molecule has 0 unspecified atom stereocenters. The third-order valence-corrected chi connectivity index (χ3v) is 5.03. The van der Waals surface area contributed by atoms with E-state index in [-0.39, 0.29) is 5.76 Å². The van der Waals surface area contributed by atoms with Crippen molar-refractivity contribution in [3.63, 3.8) is 0 Å². The van der Waals surface area contributed by atoms with Crippen molar-refractivity contribution >= 4 is 29.3 Å². The SMILES string of the molecule is Cc1cc(OC(=O)c2oc3c(c2C)/C(=N/NC(N)=O)CCC3)cc(C)c1Cl. The number of benzene rings is 1. The van der Waals surface area contributed by atoms with Crippen LogP contribution in [0.4, 0.5) is 4.79 Å². The van der Waals surface area contributed by atoms with Gasteiger partial charge in [0, 0.05) is 22.6 Å². The molecule has 0 saturated heterocycles. The lowest BCUT2D eigenvalue weighted by atomic mass is 9.93. The maximum Gasteiger partial charge on any atom is 0.379 e. The summed E-state index contributed by atoms with van der Waals surface area (Å²) in [6.45, 7) is 5.46. The molecule has 1 aliphatic carbocycles. The number of furan rings is 1. The number of hydrogen-bond acceptors (Lipinski definition) is 5. The predicted molar refractivity (Wildman–Crippen MR) is 102 cm³/mol. The molecule has 2 amide bonds. The standard InChI is InChI=1S/C19H20ClN3O4/c1-9-7-12(8-10(2)16(9)20)26-18(24)17-11(3)15-13(22-23-19(21)25)5-4-6-14(15)27-17/h7-8H,4-6H2,1-3H3,(H3,21,23,25)/b22-13+. The zero-order chi connectivity index (χ0) is 19.7. The molecule has 0 spiro atoms. The Morgan fingerprint density at radius 1 is 1.22 bits per heavy atom. The lowest BCUT2D eigenvalue weighted by molar-refractivity contribution is 0.0698. The summed E-state index contributed by atoms with van der Waals surface area (Å²) in [5, 5.41) is 4.68. The zero-order valence-electron chi connectivity index (χ0n) is 15.3. The van der Waals surface area contributed by atoms with Gasteiger partial charge in [-0.2, -0.15) is 5.10 Å². The first-order chi connectivity index (χ1) is 12.8. The first-order valence-corrected chi connectivity index (χ1v) is 8.89. The number of amides is 2. The molecule has 0 atom stereocenters. The van der Waals surface area contributed by atoms with Crippen molar-refractivity contribution in [3.8, 4) is 5.75 Å². The first-order valence-electron chi connectivity index (χ1n) is 8.51. The highest BCUT2D eigenvalue weighted by molar-refractivity contribution is 6.32. The molecule has 0 radical (unpaired) electrons. The Hall–Kier alpha value is -2.80. The van der Waals surface area contributed by atoms with Crippen LogP contribution >= 0.6 is 11.6 Å². The highest BCUT2D eigenvalue weighted by atomic mass is 35.5. The number of hydrogen-bond donors (Lipinski definition) is 2. The summed E-state index contributed by atoms with van der Waals surface area (Å²) in [6.07, 6.45) is 2.12. The van der Waals surface area contributed by atoms with Crippen LogP contribution in [0.25, 0.3) is 0 Å². The van der Waals surface area contributed by atoms with Crippen molar-refractivity contribution in [2.45, 2.75) is 40.0 Å². The van der Waals surface area contributed by atoms with Crippen molar-refractivity contribution in [3.05, 3.63) is 50.9 Å². The molecular weight excluding hydrogens is 370 g/mol. The van der Waals surface area contributed by atoms with Gasteiger partial charge in [0.15, 0.2) is 0 Å². The minimum absolute atomic E-state index is 0.124. The van der Waals surface area contributed by atoms with E-state index in [0.29, 0.717) is 40.6 Å². The number of rotatable bonds is 3. The summed E-state index contributed by atoms with van der Waals surface area (Å²) in [5.41, 5.74) is 10.9. The normalized spacial score (nSPS) is 14.7. The van der Waals surface area contributed by atoms with Crippen LogP contribution in [-0.2, 0) is 6.42 Å². The molecular formula is C19H20ClN3O4. The van der Waals surface area contributed by atoms with E-state index in [2.05, 4.69) is 10.5 Å². The van der Waals surface area contributed by atoms with Crippen LogP contribution in [0.3, 0.4) is 0 Å². The Kier molecular flexibility index (Phi) is 5.23. The summed E-state index contributed by atoms with van der Waals surface area (Å²) in [7, 11) is 0. The summed E-state index contributed by atoms with van der Waals surface area (Å²) in [5.74, 6) is 0.584. The van der Waals surface area contributed by atoms with E-state index < -0.39 is 12.0 Å². The molecule has 142 valence electrons. The van der Waals surface area contributed by atoms with Gasteiger partial charge in [0.1, 0.15) is 11.5 Å². The van der Waals surface area contributed by atoms with Crippen LogP contribution in [0.15, 0.2) is 21.7 Å². The van der Waals surface area contributed by atoms with Gasteiger partial charge in [-0.25, -0.2) is 15.0 Å². The third-order valence-electron chi connectivity index (χ3n) is 4.43. The van der Waals surface area contributed by atoms with Crippen LogP contribution in [0.2, 0.25) is 5.02 Å². The van der Waals surface area contributed by atoms with E-state index in [0.717, 1.165) is 23.1 Å². The topological polar surface area (TPSA) is 107 Å². The molecule has 1 aliphatic rings. The second kappa shape index (κ2) is 7.44. The molecule has 0 bridgehead atoms. The van der Waals surface area contributed by atoms with E-state index in [1.807, 2.05) is 13.8 Å². The maximum absolute atomic E-state index is 12.7. The Balaban J connectivity index is 1.91. The van der Waals surface area contributed by atoms with Crippen LogP contribution in [0.5, 0.6) is 5.75 Å². The second-order valence-electron chi connectivity index (χ2n) is 6.50. The van der Waals surface area contributed by atoms with Gasteiger partial charge >= 0.3 is 12.0 Å². The number of halogens is 1. The van der Waals surface area contributed by atoms with E-state index in [1.165, 1.54) is 0 Å². The lowest BCUT2D eigenvalue weighted by Crippen LogP contribution is -2.27. The van der Waals surface area contributed by atoms with Crippen molar-refractivity contribution in [2.75, 3.05) is 0 Å². The molecule has 3 N–H and O–H groups in total. The van der Waals surface area contributed by atoms with Gasteiger partial charge in [0.05, 0.1) is 5.71 Å². The molecule has 8 heteroatoms. The number of aryl methyl sites for hydroxylation is 3. The smallest absolute Gasteiger partial charge is 0.379 e. The molecule has 3 rings (SSSR count). The zero-order valence-corrected chi connectivity index (χ0v) is 16.1. The minimum atomic E-state index is -0.746. The number of carbonyl (C=O) groups excluding carboxylic acids is 2. The second-order valence-corrected chi connectivity index (χ2v) is 6.88. The number of esters is 1.